The quantitative estimate of drug-likeness (QED) is 0.232. The van der Waals surface area contributed by atoms with Crippen molar-refractivity contribution < 1.29 is 18.9 Å². The van der Waals surface area contributed by atoms with Crippen molar-refractivity contribution in [1.29, 1.82) is 0 Å². The number of nitrogens with zero attached hydrogens (tertiary/aromatic N) is 2. The Labute approximate surface area is 181 Å². The van der Waals surface area contributed by atoms with Crippen molar-refractivity contribution in [2.24, 2.45) is 5.10 Å². The summed E-state index contributed by atoms with van der Waals surface area (Å²) in [7, 11) is 1.42. The molecule has 0 aliphatic heterocycles. The van der Waals surface area contributed by atoms with Gasteiger partial charge >= 0.3 is 0 Å². The van der Waals surface area contributed by atoms with E-state index in [9.17, 15) is 14.9 Å². The summed E-state index contributed by atoms with van der Waals surface area (Å²) in [6.45, 7) is 0. The van der Waals surface area contributed by atoms with Crippen LogP contribution in [0.1, 0.15) is 5.76 Å². The van der Waals surface area contributed by atoms with Crippen molar-refractivity contribution in [2.75, 3.05) is 12.9 Å². The molecule has 0 aliphatic rings. The predicted molar refractivity (Wildman–Crippen MR) is 115 cm³/mol. The fourth-order valence-electron chi connectivity index (χ4n) is 2.44. The number of furan rings is 1. The molecule has 0 spiro atoms. The molecule has 0 aliphatic carbocycles. The van der Waals surface area contributed by atoms with Gasteiger partial charge in [0.15, 0.2) is 0 Å². The topological polar surface area (TPSA) is 107 Å². The lowest BCUT2D eigenvalue weighted by Crippen LogP contribution is -2.19. The Balaban J connectivity index is 1.58. The number of nitro groups is 1. The van der Waals surface area contributed by atoms with Crippen LogP contribution in [0.25, 0.3) is 11.3 Å². The standard InChI is InChI=1S/C20H16ClN3O5S/c1-28-19-10-14(24(26)27)4-8-17(19)18-9-5-15(29-18)11-22-23-20(25)12-30-16-6-2-13(21)3-7-16/h2-11H,12H2,1H3,(H,23,25)/b22-11-. The first kappa shape index (κ1) is 21.4. The van der Waals surface area contributed by atoms with Crippen molar-refractivity contribution in [3.63, 3.8) is 0 Å². The maximum atomic E-state index is 11.9. The highest BCUT2D eigenvalue weighted by atomic mass is 35.5. The summed E-state index contributed by atoms with van der Waals surface area (Å²) in [6, 6.07) is 14.8. The van der Waals surface area contributed by atoms with Crippen molar-refractivity contribution in [1.82, 2.24) is 5.43 Å². The van der Waals surface area contributed by atoms with Gasteiger partial charge in [0.2, 0.25) is 5.91 Å². The zero-order valence-corrected chi connectivity index (χ0v) is 17.3. The van der Waals surface area contributed by atoms with Gasteiger partial charge in [-0.25, -0.2) is 5.43 Å². The predicted octanol–water partition coefficient (Wildman–Crippen LogP) is 4.76. The number of thioether (sulfide) groups is 1. The van der Waals surface area contributed by atoms with Crippen LogP contribution in [0, 0.1) is 10.1 Å². The highest BCUT2D eigenvalue weighted by Crippen LogP contribution is 2.34. The molecule has 1 aromatic heterocycles. The Bertz CT molecular complexity index is 1080. The van der Waals surface area contributed by atoms with Gasteiger partial charge < -0.3 is 9.15 Å². The molecule has 3 rings (SSSR count). The van der Waals surface area contributed by atoms with E-state index in [1.54, 1.807) is 30.3 Å². The Morgan fingerprint density at radius 2 is 2.03 bits per heavy atom. The Morgan fingerprint density at radius 3 is 2.73 bits per heavy atom. The number of carbonyl (C=O) groups is 1. The largest absolute Gasteiger partial charge is 0.496 e. The van der Waals surface area contributed by atoms with Gasteiger partial charge in [-0.2, -0.15) is 5.10 Å². The van der Waals surface area contributed by atoms with Gasteiger partial charge in [-0.1, -0.05) is 11.6 Å². The summed E-state index contributed by atoms with van der Waals surface area (Å²) in [5, 5.41) is 15.4. The molecule has 3 aromatic rings. The molecular formula is C20H16ClN3O5S. The number of halogens is 1. The Kier molecular flexibility index (Phi) is 7.10. The molecule has 0 saturated carbocycles. The summed E-state index contributed by atoms with van der Waals surface area (Å²) in [4.78, 5) is 23.2. The number of hydrogen-bond acceptors (Lipinski definition) is 7. The average molecular weight is 446 g/mol. The summed E-state index contributed by atoms with van der Waals surface area (Å²) in [5.41, 5.74) is 2.91. The molecule has 0 atom stereocenters. The van der Waals surface area contributed by atoms with E-state index in [1.807, 2.05) is 12.1 Å². The molecule has 0 unspecified atom stereocenters. The number of carbonyl (C=O) groups excluding carboxylic acids is 1. The number of non-ortho nitro benzene ring substituents is 1. The zero-order valence-electron chi connectivity index (χ0n) is 15.7. The van der Waals surface area contributed by atoms with E-state index in [1.165, 1.54) is 37.2 Å². The molecule has 2 aromatic carbocycles. The lowest BCUT2D eigenvalue weighted by atomic mass is 10.1. The Hall–Kier alpha value is -3.30. The lowest BCUT2D eigenvalue weighted by molar-refractivity contribution is -0.384. The monoisotopic (exact) mass is 445 g/mol. The van der Waals surface area contributed by atoms with Crippen molar-refractivity contribution >= 4 is 41.2 Å². The van der Waals surface area contributed by atoms with E-state index in [-0.39, 0.29) is 17.3 Å². The van der Waals surface area contributed by atoms with Gasteiger partial charge in [0.05, 0.1) is 35.6 Å². The van der Waals surface area contributed by atoms with Gasteiger partial charge in [0.25, 0.3) is 5.69 Å². The van der Waals surface area contributed by atoms with Crippen LogP contribution < -0.4 is 10.2 Å². The van der Waals surface area contributed by atoms with Crippen LogP contribution in [0.3, 0.4) is 0 Å². The number of nitrogens with one attached hydrogen (secondary N) is 1. The lowest BCUT2D eigenvalue weighted by Gasteiger charge is -2.05. The second kappa shape index (κ2) is 9.95. The molecule has 0 fully saturated rings. The second-order valence-electron chi connectivity index (χ2n) is 5.88. The van der Waals surface area contributed by atoms with Gasteiger partial charge in [-0.05, 0) is 42.5 Å². The number of nitro benzene ring substituents is 1. The third kappa shape index (κ3) is 5.62. The third-order valence-electron chi connectivity index (χ3n) is 3.85. The number of ether oxygens (including phenoxy) is 1. The van der Waals surface area contributed by atoms with E-state index in [4.69, 9.17) is 20.8 Å². The van der Waals surface area contributed by atoms with Crippen LogP contribution in [0.5, 0.6) is 5.75 Å². The van der Waals surface area contributed by atoms with Crippen LogP contribution in [-0.2, 0) is 4.79 Å². The summed E-state index contributed by atoms with van der Waals surface area (Å²) < 4.78 is 10.9. The van der Waals surface area contributed by atoms with Crippen molar-refractivity contribution in [3.05, 3.63) is 75.5 Å². The van der Waals surface area contributed by atoms with E-state index >= 15 is 0 Å². The molecule has 1 N–H and O–H groups in total. The van der Waals surface area contributed by atoms with E-state index in [0.717, 1.165) is 4.90 Å². The molecular weight excluding hydrogens is 430 g/mol. The normalized spacial score (nSPS) is 10.9. The third-order valence-corrected chi connectivity index (χ3v) is 5.12. The number of hydrazone groups is 1. The van der Waals surface area contributed by atoms with E-state index in [0.29, 0.717) is 27.9 Å². The average Bonchev–Trinajstić information content (AvgIpc) is 3.21. The minimum absolute atomic E-state index is 0.0804. The molecule has 10 heteroatoms. The van der Waals surface area contributed by atoms with Gasteiger partial charge in [0.1, 0.15) is 17.3 Å². The first-order chi connectivity index (χ1) is 14.5. The number of rotatable bonds is 8. The van der Waals surface area contributed by atoms with E-state index in [2.05, 4.69) is 10.5 Å². The van der Waals surface area contributed by atoms with Crippen LogP contribution in [0.2, 0.25) is 5.02 Å². The van der Waals surface area contributed by atoms with Crippen molar-refractivity contribution in [2.45, 2.75) is 4.90 Å². The number of benzene rings is 2. The highest BCUT2D eigenvalue weighted by molar-refractivity contribution is 8.00. The molecule has 0 radical (unpaired) electrons. The molecule has 30 heavy (non-hydrogen) atoms. The molecule has 1 amide bonds. The number of amides is 1. The van der Waals surface area contributed by atoms with Gasteiger partial charge in [-0.15, -0.1) is 11.8 Å². The van der Waals surface area contributed by atoms with Gasteiger partial charge in [-0.3, -0.25) is 14.9 Å². The number of hydrogen-bond donors (Lipinski definition) is 1. The highest BCUT2D eigenvalue weighted by Gasteiger charge is 2.15. The molecule has 0 bridgehead atoms. The van der Waals surface area contributed by atoms with E-state index < -0.39 is 4.92 Å². The fraction of sp³-hybridized carbons (Fsp3) is 0.100. The summed E-state index contributed by atoms with van der Waals surface area (Å²) >= 11 is 7.19. The van der Waals surface area contributed by atoms with Crippen LogP contribution in [0.15, 0.2) is 69.0 Å². The summed E-state index contributed by atoms with van der Waals surface area (Å²) in [5.74, 6) is 1.09. The SMILES string of the molecule is COc1cc([N+](=O)[O-])ccc1-c1ccc(/C=N\NC(=O)CSc2ccc(Cl)cc2)o1. The molecule has 8 nitrogen and oxygen atoms in total. The maximum absolute atomic E-state index is 11.9. The minimum atomic E-state index is -0.500. The molecule has 0 saturated heterocycles. The number of methoxy groups -OCH3 is 1. The fourth-order valence-corrected chi connectivity index (χ4v) is 3.26. The van der Waals surface area contributed by atoms with Crippen LogP contribution in [0.4, 0.5) is 5.69 Å². The molecule has 1 heterocycles. The second-order valence-corrected chi connectivity index (χ2v) is 7.36. The van der Waals surface area contributed by atoms with Crippen molar-refractivity contribution in [3.8, 4) is 17.1 Å². The maximum Gasteiger partial charge on any atom is 0.273 e. The van der Waals surface area contributed by atoms with Gasteiger partial charge in [0, 0.05) is 16.0 Å². The smallest absolute Gasteiger partial charge is 0.273 e. The molecule has 154 valence electrons. The Morgan fingerprint density at radius 1 is 1.27 bits per heavy atom. The summed E-state index contributed by atoms with van der Waals surface area (Å²) in [6.07, 6.45) is 1.37. The first-order valence-electron chi connectivity index (χ1n) is 8.59. The zero-order chi connectivity index (χ0) is 21.5. The van der Waals surface area contributed by atoms with Crippen LogP contribution >= 0.6 is 23.4 Å². The van der Waals surface area contributed by atoms with Crippen LogP contribution in [-0.4, -0.2) is 29.9 Å². The first-order valence-corrected chi connectivity index (χ1v) is 9.95. The minimum Gasteiger partial charge on any atom is -0.496 e.